The Labute approximate surface area is 150 Å². The molecule has 0 aliphatic heterocycles. The van der Waals surface area contributed by atoms with E-state index in [0.29, 0.717) is 28.0 Å². The van der Waals surface area contributed by atoms with Gasteiger partial charge in [-0.3, -0.25) is 10.8 Å². The Kier molecular flexibility index (Phi) is 5.84. The van der Waals surface area contributed by atoms with Gasteiger partial charge in [-0.2, -0.15) is 0 Å². The third-order valence-corrected chi connectivity index (χ3v) is 3.40. The van der Waals surface area contributed by atoms with Crippen molar-refractivity contribution in [1.29, 1.82) is 10.8 Å². The van der Waals surface area contributed by atoms with Gasteiger partial charge in [0.15, 0.2) is 0 Å². The van der Waals surface area contributed by atoms with E-state index in [-0.39, 0.29) is 42.2 Å². The van der Waals surface area contributed by atoms with Gasteiger partial charge in [0, 0.05) is 16.5 Å². The summed E-state index contributed by atoms with van der Waals surface area (Å²) in [6, 6.07) is 11.6. The molecule has 0 fully saturated rings. The van der Waals surface area contributed by atoms with Crippen LogP contribution in [0, 0.1) is 10.8 Å². The molecule has 0 unspecified atom stereocenters. The molecule has 24 heavy (non-hydrogen) atoms. The fourth-order valence-corrected chi connectivity index (χ4v) is 2.24. The minimum Gasteiger partial charge on any atom is -0.507 e. The molecular formula is C16H16Cl2N4O2. The van der Waals surface area contributed by atoms with Gasteiger partial charge in [0.05, 0.1) is 5.56 Å². The van der Waals surface area contributed by atoms with E-state index in [0.717, 1.165) is 5.39 Å². The zero-order valence-electron chi connectivity index (χ0n) is 12.4. The molecule has 0 radical (unpaired) electrons. The summed E-state index contributed by atoms with van der Waals surface area (Å²) >= 11 is 0. The highest BCUT2D eigenvalue weighted by Crippen LogP contribution is 2.34. The van der Waals surface area contributed by atoms with Gasteiger partial charge in [0.1, 0.15) is 28.8 Å². The van der Waals surface area contributed by atoms with Gasteiger partial charge in [-0.1, -0.05) is 0 Å². The average Bonchev–Trinajstić information content (AvgIpc) is 2.89. The molecular weight excluding hydrogens is 351 g/mol. The van der Waals surface area contributed by atoms with Crippen molar-refractivity contribution in [3.8, 4) is 17.1 Å². The molecule has 8 heteroatoms. The van der Waals surface area contributed by atoms with Crippen LogP contribution in [0.1, 0.15) is 11.1 Å². The number of benzene rings is 2. The number of amidine groups is 2. The number of phenolic OH excluding ortho intramolecular Hbond substituents is 1. The Bertz CT molecular complexity index is 922. The molecule has 0 aliphatic carbocycles. The number of nitrogens with one attached hydrogen (secondary N) is 2. The highest BCUT2D eigenvalue weighted by Gasteiger charge is 2.13. The van der Waals surface area contributed by atoms with Crippen molar-refractivity contribution in [3.05, 3.63) is 53.6 Å². The molecule has 0 saturated carbocycles. The van der Waals surface area contributed by atoms with Crippen molar-refractivity contribution in [3.63, 3.8) is 0 Å². The number of fused-ring (bicyclic) bond motifs is 1. The number of nitrogen functional groups attached to an aromatic ring is 2. The van der Waals surface area contributed by atoms with Crippen LogP contribution in [-0.2, 0) is 0 Å². The van der Waals surface area contributed by atoms with Gasteiger partial charge in [-0.25, -0.2) is 0 Å². The first-order valence-electron chi connectivity index (χ1n) is 6.51. The number of nitrogens with two attached hydrogens (primary N) is 2. The second-order valence-corrected chi connectivity index (χ2v) is 4.92. The first-order valence-corrected chi connectivity index (χ1v) is 6.51. The van der Waals surface area contributed by atoms with Crippen molar-refractivity contribution in [2.24, 2.45) is 11.5 Å². The molecule has 1 heterocycles. The zero-order valence-corrected chi connectivity index (χ0v) is 14.0. The smallest absolute Gasteiger partial charge is 0.139 e. The SMILES string of the molecule is Cl.Cl.N=C(N)c1ccc(O)c(-c2cc3cc(C(=N)N)ccc3o2)c1. The molecule has 126 valence electrons. The Morgan fingerprint density at radius 1 is 0.875 bits per heavy atom. The summed E-state index contributed by atoms with van der Waals surface area (Å²) in [7, 11) is 0. The number of hydrogen-bond acceptors (Lipinski definition) is 4. The topological polar surface area (TPSA) is 133 Å². The Hall–Kier alpha value is -2.70. The van der Waals surface area contributed by atoms with Crippen LogP contribution in [0.15, 0.2) is 46.9 Å². The molecule has 0 bridgehead atoms. The van der Waals surface area contributed by atoms with Gasteiger partial charge in [-0.05, 0) is 42.5 Å². The first kappa shape index (κ1) is 19.3. The lowest BCUT2D eigenvalue weighted by atomic mass is 10.1. The lowest BCUT2D eigenvalue weighted by molar-refractivity contribution is 0.474. The van der Waals surface area contributed by atoms with E-state index in [1.165, 1.54) is 6.07 Å². The van der Waals surface area contributed by atoms with E-state index in [4.69, 9.17) is 26.7 Å². The lowest BCUT2D eigenvalue weighted by Crippen LogP contribution is -2.10. The maximum atomic E-state index is 10.0. The average molecular weight is 367 g/mol. The number of halogens is 2. The van der Waals surface area contributed by atoms with Crippen LogP contribution in [0.4, 0.5) is 0 Å². The van der Waals surface area contributed by atoms with Crippen molar-refractivity contribution in [2.75, 3.05) is 0 Å². The number of aromatic hydroxyl groups is 1. The van der Waals surface area contributed by atoms with Crippen LogP contribution in [-0.4, -0.2) is 16.8 Å². The van der Waals surface area contributed by atoms with E-state index < -0.39 is 0 Å². The fraction of sp³-hybridized carbons (Fsp3) is 0. The summed E-state index contributed by atoms with van der Waals surface area (Å²) in [4.78, 5) is 0. The van der Waals surface area contributed by atoms with Crippen LogP contribution in [0.25, 0.3) is 22.3 Å². The Balaban J connectivity index is 0.00000144. The minimum atomic E-state index is -0.0868. The van der Waals surface area contributed by atoms with Crippen LogP contribution in [0.5, 0.6) is 5.75 Å². The summed E-state index contributed by atoms with van der Waals surface area (Å²) in [6.45, 7) is 0. The molecule has 0 saturated heterocycles. The fourth-order valence-electron chi connectivity index (χ4n) is 2.24. The first-order chi connectivity index (χ1) is 10.5. The monoisotopic (exact) mass is 366 g/mol. The summed E-state index contributed by atoms with van der Waals surface area (Å²) in [5.74, 6) is 0.384. The largest absolute Gasteiger partial charge is 0.507 e. The van der Waals surface area contributed by atoms with Gasteiger partial charge in [0.2, 0.25) is 0 Å². The normalized spacial score (nSPS) is 9.83. The standard InChI is InChI=1S/C16H14N4O2.2ClH/c17-15(18)8-2-4-13-10(5-8)7-14(22-13)11-6-9(16(19)20)1-3-12(11)21;;/h1-7,21H,(H3,17,18)(H3,19,20);2*1H. The van der Waals surface area contributed by atoms with E-state index in [1.54, 1.807) is 36.4 Å². The van der Waals surface area contributed by atoms with E-state index >= 15 is 0 Å². The summed E-state index contributed by atoms with van der Waals surface area (Å²) < 4.78 is 5.72. The van der Waals surface area contributed by atoms with Crippen LogP contribution >= 0.6 is 24.8 Å². The van der Waals surface area contributed by atoms with Gasteiger partial charge in [-0.15, -0.1) is 24.8 Å². The highest BCUT2D eigenvalue weighted by molar-refractivity contribution is 5.99. The molecule has 0 aliphatic rings. The highest BCUT2D eigenvalue weighted by atomic mass is 35.5. The number of hydrogen-bond donors (Lipinski definition) is 5. The van der Waals surface area contributed by atoms with Gasteiger partial charge < -0.3 is 21.0 Å². The van der Waals surface area contributed by atoms with E-state index in [2.05, 4.69) is 0 Å². The summed E-state index contributed by atoms with van der Waals surface area (Å²) in [5, 5.41) is 25.7. The molecule has 0 amide bonds. The Morgan fingerprint density at radius 2 is 1.46 bits per heavy atom. The second kappa shape index (κ2) is 7.25. The van der Waals surface area contributed by atoms with Crippen LogP contribution in [0.2, 0.25) is 0 Å². The van der Waals surface area contributed by atoms with Crippen molar-refractivity contribution in [1.82, 2.24) is 0 Å². The third-order valence-electron chi connectivity index (χ3n) is 3.40. The molecule has 3 rings (SSSR count). The van der Waals surface area contributed by atoms with Crippen LogP contribution < -0.4 is 11.5 Å². The predicted molar refractivity (Wildman–Crippen MR) is 99.8 cm³/mol. The summed E-state index contributed by atoms with van der Waals surface area (Å²) in [5.41, 5.74) is 13.1. The molecule has 2 aromatic carbocycles. The number of rotatable bonds is 3. The van der Waals surface area contributed by atoms with Gasteiger partial charge >= 0.3 is 0 Å². The minimum absolute atomic E-state index is 0. The van der Waals surface area contributed by atoms with Crippen molar-refractivity contribution in [2.45, 2.75) is 0 Å². The Morgan fingerprint density at radius 3 is 2.08 bits per heavy atom. The quantitative estimate of drug-likeness (QED) is 0.359. The molecule has 7 N–H and O–H groups in total. The molecule has 3 aromatic rings. The molecule has 0 spiro atoms. The number of phenols is 1. The molecule has 0 atom stereocenters. The number of furan rings is 1. The summed E-state index contributed by atoms with van der Waals surface area (Å²) in [6.07, 6.45) is 0. The van der Waals surface area contributed by atoms with Crippen molar-refractivity contribution >= 4 is 47.5 Å². The second-order valence-electron chi connectivity index (χ2n) is 4.92. The third kappa shape index (κ3) is 3.45. The van der Waals surface area contributed by atoms with E-state index in [1.807, 2.05) is 0 Å². The maximum absolute atomic E-state index is 10.0. The lowest BCUT2D eigenvalue weighted by Gasteiger charge is -2.04. The predicted octanol–water partition coefficient (Wildman–Crippen LogP) is 3.22. The van der Waals surface area contributed by atoms with Gasteiger partial charge in [0.25, 0.3) is 0 Å². The molecule has 6 nitrogen and oxygen atoms in total. The zero-order chi connectivity index (χ0) is 15.9. The molecule has 1 aromatic heterocycles. The maximum Gasteiger partial charge on any atom is 0.139 e. The van der Waals surface area contributed by atoms with E-state index in [9.17, 15) is 5.11 Å². The van der Waals surface area contributed by atoms with Crippen molar-refractivity contribution < 1.29 is 9.52 Å². The van der Waals surface area contributed by atoms with Crippen LogP contribution in [0.3, 0.4) is 0 Å².